The molecule has 2 aliphatic rings. The van der Waals surface area contributed by atoms with Crippen LogP contribution in [-0.4, -0.2) is 92.3 Å². The average molecular weight is 511 g/mol. The van der Waals surface area contributed by atoms with Crippen molar-refractivity contribution >= 4 is 27.2 Å². The van der Waals surface area contributed by atoms with Crippen molar-refractivity contribution < 1.29 is 17.6 Å². The molecule has 0 bridgehead atoms. The van der Waals surface area contributed by atoms with Gasteiger partial charge in [-0.2, -0.15) is 0 Å². The van der Waals surface area contributed by atoms with Gasteiger partial charge in [-0.15, -0.1) is 10.2 Å². The predicted octanol–water partition coefficient (Wildman–Crippen LogP) is 2.35. The van der Waals surface area contributed by atoms with E-state index in [1.165, 1.54) is 6.39 Å². The van der Waals surface area contributed by atoms with Gasteiger partial charge in [0.15, 0.2) is 9.84 Å². The van der Waals surface area contributed by atoms with Crippen molar-refractivity contribution in [1.29, 1.82) is 0 Å². The summed E-state index contributed by atoms with van der Waals surface area (Å²) in [5, 5.41) is 7.66. The number of piperazine rings is 1. The molecule has 2 aliphatic heterocycles. The summed E-state index contributed by atoms with van der Waals surface area (Å²) in [6.45, 7) is 4.57. The lowest BCUT2D eigenvalue weighted by Crippen LogP contribution is -2.49. The molecule has 3 heterocycles. The molecule has 5 rings (SSSR count). The predicted molar refractivity (Wildman–Crippen MR) is 138 cm³/mol. The molecule has 11 heteroatoms. The SMILES string of the molecule is CN1CCN(c2cccc(N(Cc3ccc(-c4nnco4)cc3)C(=O)N3CCS(=O)(=O)CC3)c2)CC1. The lowest BCUT2D eigenvalue weighted by atomic mass is 10.1. The van der Waals surface area contributed by atoms with Crippen LogP contribution in [0.1, 0.15) is 5.56 Å². The standard InChI is InChI=1S/C25H30N6O4S/c1-28-9-11-29(12-10-28)22-3-2-4-23(17-22)31(25(32)30-13-15-36(33,34)16-14-30)18-20-5-7-21(8-6-20)24-27-26-19-35-24/h2-8,17,19H,9-16,18H2,1H3. The van der Waals surface area contributed by atoms with Gasteiger partial charge in [-0.3, -0.25) is 4.90 Å². The third-order valence-corrected chi connectivity index (χ3v) is 8.37. The summed E-state index contributed by atoms with van der Waals surface area (Å²) in [7, 11) is -0.972. The number of aromatic nitrogens is 2. The Bertz CT molecular complexity index is 1270. The molecule has 0 unspecified atom stereocenters. The lowest BCUT2D eigenvalue weighted by Gasteiger charge is -2.36. The number of carbonyl (C=O) groups is 1. The summed E-state index contributed by atoms with van der Waals surface area (Å²) in [5.41, 5.74) is 3.59. The number of benzene rings is 2. The second kappa shape index (κ2) is 10.3. The van der Waals surface area contributed by atoms with Crippen molar-refractivity contribution in [3.8, 4) is 11.5 Å². The van der Waals surface area contributed by atoms with Crippen LogP contribution < -0.4 is 9.80 Å². The first-order valence-corrected chi connectivity index (χ1v) is 13.9. The molecule has 190 valence electrons. The van der Waals surface area contributed by atoms with E-state index in [4.69, 9.17) is 4.42 Å². The average Bonchev–Trinajstić information content (AvgIpc) is 3.43. The number of nitrogens with zero attached hydrogens (tertiary/aromatic N) is 6. The van der Waals surface area contributed by atoms with Crippen molar-refractivity contribution in [2.45, 2.75) is 6.54 Å². The van der Waals surface area contributed by atoms with E-state index in [0.29, 0.717) is 12.4 Å². The third-order valence-electron chi connectivity index (χ3n) is 6.76. The molecule has 0 radical (unpaired) electrons. The van der Waals surface area contributed by atoms with Crippen molar-refractivity contribution in [1.82, 2.24) is 20.0 Å². The Hall–Kier alpha value is -3.44. The maximum Gasteiger partial charge on any atom is 0.324 e. The van der Waals surface area contributed by atoms with Crippen molar-refractivity contribution in [2.75, 3.05) is 67.6 Å². The van der Waals surface area contributed by atoms with Crippen LogP contribution in [0.25, 0.3) is 11.5 Å². The number of rotatable bonds is 5. The number of hydrogen-bond donors (Lipinski definition) is 0. The summed E-state index contributed by atoms with van der Waals surface area (Å²) in [6, 6.07) is 15.5. The molecule has 2 aromatic carbocycles. The van der Waals surface area contributed by atoms with E-state index < -0.39 is 9.84 Å². The quantitative estimate of drug-likeness (QED) is 0.515. The van der Waals surface area contributed by atoms with Crippen LogP contribution in [0, 0.1) is 0 Å². The fourth-order valence-electron chi connectivity index (χ4n) is 4.50. The molecule has 0 atom stereocenters. The summed E-state index contributed by atoms with van der Waals surface area (Å²) >= 11 is 0. The molecule has 10 nitrogen and oxygen atoms in total. The number of urea groups is 1. The summed E-state index contributed by atoms with van der Waals surface area (Å²) in [4.78, 5) is 21.7. The zero-order chi connectivity index (χ0) is 25.1. The van der Waals surface area contributed by atoms with Gasteiger partial charge in [-0.05, 0) is 42.9 Å². The van der Waals surface area contributed by atoms with Gasteiger partial charge in [0.1, 0.15) is 0 Å². The molecule has 2 saturated heterocycles. The van der Waals surface area contributed by atoms with Gasteiger partial charge in [0, 0.05) is 56.2 Å². The number of anilines is 2. The van der Waals surface area contributed by atoms with Gasteiger partial charge in [0.2, 0.25) is 12.3 Å². The minimum atomic E-state index is -3.09. The Morgan fingerprint density at radius 1 is 1.00 bits per heavy atom. The Morgan fingerprint density at radius 3 is 2.39 bits per heavy atom. The van der Waals surface area contributed by atoms with Crippen LogP contribution in [0.15, 0.2) is 59.3 Å². The molecule has 0 N–H and O–H groups in total. The maximum atomic E-state index is 13.7. The maximum absolute atomic E-state index is 13.7. The van der Waals surface area contributed by atoms with Crippen molar-refractivity contribution in [3.63, 3.8) is 0 Å². The second-order valence-corrected chi connectivity index (χ2v) is 11.6. The van der Waals surface area contributed by atoms with Crippen molar-refractivity contribution in [3.05, 3.63) is 60.5 Å². The molecule has 36 heavy (non-hydrogen) atoms. The van der Waals surface area contributed by atoms with Crippen LogP contribution in [0.5, 0.6) is 0 Å². The third kappa shape index (κ3) is 5.52. The highest BCUT2D eigenvalue weighted by Gasteiger charge is 2.29. The zero-order valence-electron chi connectivity index (χ0n) is 20.3. The highest BCUT2D eigenvalue weighted by molar-refractivity contribution is 7.91. The number of likely N-dealkylation sites (N-methyl/N-ethyl adjacent to an activating group) is 1. The highest BCUT2D eigenvalue weighted by Crippen LogP contribution is 2.27. The van der Waals surface area contributed by atoms with Gasteiger partial charge < -0.3 is 19.1 Å². The van der Waals surface area contributed by atoms with E-state index >= 15 is 0 Å². The highest BCUT2D eigenvalue weighted by atomic mass is 32.2. The van der Waals surface area contributed by atoms with Crippen LogP contribution in [0.3, 0.4) is 0 Å². The normalized spacial score (nSPS) is 18.2. The van der Waals surface area contributed by atoms with Gasteiger partial charge in [0.05, 0.1) is 18.1 Å². The van der Waals surface area contributed by atoms with E-state index in [1.54, 1.807) is 9.80 Å². The summed E-state index contributed by atoms with van der Waals surface area (Å²) < 4.78 is 29.2. The van der Waals surface area contributed by atoms with Gasteiger partial charge in [0.25, 0.3) is 0 Å². The largest absolute Gasteiger partial charge is 0.423 e. The minimum Gasteiger partial charge on any atom is -0.423 e. The van der Waals surface area contributed by atoms with E-state index in [1.807, 2.05) is 36.4 Å². The fraction of sp³-hybridized carbons (Fsp3) is 0.400. The monoisotopic (exact) mass is 510 g/mol. The van der Waals surface area contributed by atoms with Crippen molar-refractivity contribution in [2.24, 2.45) is 0 Å². The number of hydrogen-bond acceptors (Lipinski definition) is 8. The van der Waals surface area contributed by atoms with Crippen LogP contribution >= 0.6 is 0 Å². The Kier molecular flexibility index (Phi) is 6.92. The first-order valence-electron chi connectivity index (χ1n) is 12.0. The molecule has 0 saturated carbocycles. The van der Waals surface area contributed by atoms with Crippen LogP contribution in [-0.2, 0) is 16.4 Å². The fourth-order valence-corrected chi connectivity index (χ4v) is 5.70. The van der Waals surface area contributed by atoms with Crippen LogP contribution in [0.2, 0.25) is 0 Å². The first kappa shape index (κ1) is 24.3. The Morgan fingerprint density at radius 2 is 1.72 bits per heavy atom. The molecule has 2 fully saturated rings. The number of amides is 2. The van der Waals surface area contributed by atoms with Gasteiger partial charge >= 0.3 is 6.03 Å². The second-order valence-electron chi connectivity index (χ2n) is 9.26. The summed E-state index contributed by atoms with van der Waals surface area (Å²) in [5.74, 6) is 0.420. The van der Waals surface area contributed by atoms with E-state index in [0.717, 1.165) is 48.7 Å². The smallest absolute Gasteiger partial charge is 0.324 e. The summed E-state index contributed by atoms with van der Waals surface area (Å²) in [6.07, 6.45) is 1.29. The van der Waals surface area contributed by atoms with Crippen LogP contribution in [0.4, 0.5) is 16.2 Å². The Balaban J connectivity index is 1.41. The number of sulfone groups is 1. The molecular formula is C25H30N6O4S. The Labute approximate surface area is 211 Å². The molecule has 3 aromatic rings. The van der Waals surface area contributed by atoms with E-state index in [2.05, 4.69) is 39.2 Å². The molecule has 0 aliphatic carbocycles. The first-order chi connectivity index (χ1) is 17.4. The molecule has 0 spiro atoms. The molecule has 2 amide bonds. The zero-order valence-corrected chi connectivity index (χ0v) is 21.1. The minimum absolute atomic E-state index is 0.00715. The number of carbonyl (C=O) groups excluding carboxylic acids is 1. The van der Waals surface area contributed by atoms with E-state index in [-0.39, 0.29) is 30.6 Å². The van der Waals surface area contributed by atoms with Gasteiger partial charge in [-0.1, -0.05) is 18.2 Å². The molecule has 1 aromatic heterocycles. The molecular weight excluding hydrogens is 480 g/mol. The van der Waals surface area contributed by atoms with E-state index in [9.17, 15) is 13.2 Å². The topological polar surface area (TPSA) is 103 Å². The lowest BCUT2D eigenvalue weighted by molar-refractivity contribution is 0.208. The van der Waals surface area contributed by atoms with Gasteiger partial charge in [-0.25, -0.2) is 13.2 Å².